The van der Waals surface area contributed by atoms with Gasteiger partial charge in [-0.05, 0) is 32.9 Å². The Hall–Kier alpha value is -1.30. The molecule has 0 aliphatic heterocycles. The Kier molecular flexibility index (Phi) is 5.40. The van der Waals surface area contributed by atoms with Gasteiger partial charge in [0.25, 0.3) is 0 Å². The van der Waals surface area contributed by atoms with Gasteiger partial charge in [-0.2, -0.15) is 0 Å². The third-order valence-electron chi connectivity index (χ3n) is 3.61. The zero-order valence-electron chi connectivity index (χ0n) is 11.2. The molecule has 1 rings (SSSR count). The molecule has 0 aromatic carbocycles. The van der Waals surface area contributed by atoms with Gasteiger partial charge in [0, 0.05) is 20.1 Å². The summed E-state index contributed by atoms with van der Waals surface area (Å²) in [6.45, 7) is 1.75. The van der Waals surface area contributed by atoms with E-state index >= 15 is 0 Å². The van der Waals surface area contributed by atoms with E-state index in [2.05, 4.69) is 10.6 Å². The second kappa shape index (κ2) is 6.58. The molecule has 18 heavy (non-hydrogen) atoms. The summed E-state index contributed by atoms with van der Waals surface area (Å²) >= 11 is 0. The van der Waals surface area contributed by atoms with Crippen molar-refractivity contribution in [3.8, 4) is 0 Å². The summed E-state index contributed by atoms with van der Waals surface area (Å²) in [7, 11) is 3.59. The average Bonchev–Trinajstić information content (AvgIpc) is 2.27. The molecule has 0 radical (unpaired) electrons. The van der Waals surface area contributed by atoms with Crippen molar-refractivity contribution in [2.75, 3.05) is 33.7 Å². The number of rotatable bonds is 7. The first-order valence-corrected chi connectivity index (χ1v) is 6.39. The summed E-state index contributed by atoms with van der Waals surface area (Å²) in [5, 5.41) is 14.9. The highest BCUT2D eigenvalue weighted by Crippen LogP contribution is 2.40. The zero-order valence-corrected chi connectivity index (χ0v) is 11.2. The third-order valence-corrected chi connectivity index (χ3v) is 3.61. The molecule has 0 saturated heterocycles. The second-order valence-corrected chi connectivity index (χ2v) is 4.98. The molecule has 6 nitrogen and oxygen atoms in total. The molecular formula is C12H23N3O3. The monoisotopic (exact) mass is 257 g/mol. The van der Waals surface area contributed by atoms with Crippen LogP contribution in [0.5, 0.6) is 0 Å². The van der Waals surface area contributed by atoms with Crippen LogP contribution in [0, 0.1) is 5.41 Å². The minimum absolute atomic E-state index is 0.196. The lowest BCUT2D eigenvalue weighted by Gasteiger charge is -2.37. The van der Waals surface area contributed by atoms with Gasteiger partial charge in [0.1, 0.15) is 0 Å². The molecule has 0 spiro atoms. The Morgan fingerprint density at radius 2 is 2.06 bits per heavy atom. The summed E-state index contributed by atoms with van der Waals surface area (Å²) < 4.78 is 0. The number of carboxylic acid groups (broad SMARTS) is 1. The van der Waals surface area contributed by atoms with Gasteiger partial charge < -0.3 is 20.6 Å². The van der Waals surface area contributed by atoms with Gasteiger partial charge in [-0.15, -0.1) is 0 Å². The maximum atomic E-state index is 11.7. The average molecular weight is 257 g/mol. The fourth-order valence-corrected chi connectivity index (χ4v) is 2.04. The molecule has 0 heterocycles. The van der Waals surface area contributed by atoms with Crippen LogP contribution < -0.4 is 10.6 Å². The largest absolute Gasteiger partial charge is 0.481 e. The van der Waals surface area contributed by atoms with Crippen molar-refractivity contribution in [3.05, 3.63) is 0 Å². The predicted molar refractivity (Wildman–Crippen MR) is 68.5 cm³/mol. The van der Waals surface area contributed by atoms with Crippen molar-refractivity contribution in [1.82, 2.24) is 15.5 Å². The normalized spacial score (nSPS) is 16.8. The van der Waals surface area contributed by atoms with Crippen molar-refractivity contribution >= 4 is 12.0 Å². The first-order valence-electron chi connectivity index (χ1n) is 6.39. The zero-order chi connectivity index (χ0) is 13.6. The van der Waals surface area contributed by atoms with E-state index in [-0.39, 0.29) is 12.6 Å². The van der Waals surface area contributed by atoms with Crippen LogP contribution in [-0.4, -0.2) is 55.7 Å². The van der Waals surface area contributed by atoms with Crippen molar-refractivity contribution in [2.45, 2.75) is 25.7 Å². The molecule has 0 atom stereocenters. The molecule has 2 amide bonds. The highest BCUT2D eigenvalue weighted by molar-refractivity contribution is 5.78. The van der Waals surface area contributed by atoms with Gasteiger partial charge in [0.2, 0.25) is 0 Å². The van der Waals surface area contributed by atoms with E-state index in [1.807, 2.05) is 7.05 Å². The quantitative estimate of drug-likeness (QED) is 0.580. The van der Waals surface area contributed by atoms with Crippen molar-refractivity contribution in [2.24, 2.45) is 5.41 Å². The number of amides is 2. The Balaban J connectivity index is 2.29. The molecule has 3 N–H and O–H groups in total. The molecule has 0 bridgehead atoms. The summed E-state index contributed by atoms with van der Waals surface area (Å²) in [5.41, 5.74) is -0.721. The molecule has 1 aliphatic rings. The Morgan fingerprint density at radius 3 is 2.50 bits per heavy atom. The number of hydrogen-bond donors (Lipinski definition) is 3. The molecule has 1 saturated carbocycles. The van der Waals surface area contributed by atoms with Crippen molar-refractivity contribution in [1.29, 1.82) is 0 Å². The first kappa shape index (κ1) is 14.8. The fourth-order valence-electron chi connectivity index (χ4n) is 2.04. The van der Waals surface area contributed by atoms with Crippen molar-refractivity contribution in [3.63, 3.8) is 0 Å². The molecule has 1 fully saturated rings. The highest BCUT2D eigenvalue weighted by Gasteiger charge is 2.44. The lowest BCUT2D eigenvalue weighted by Crippen LogP contribution is -2.50. The van der Waals surface area contributed by atoms with Crippen LogP contribution in [0.1, 0.15) is 25.7 Å². The fraction of sp³-hybridized carbons (Fsp3) is 0.833. The van der Waals surface area contributed by atoms with Gasteiger partial charge in [-0.3, -0.25) is 4.79 Å². The second-order valence-electron chi connectivity index (χ2n) is 4.98. The number of carboxylic acids is 1. The number of urea groups is 1. The van der Waals surface area contributed by atoms with Crippen LogP contribution in [0.15, 0.2) is 0 Å². The number of hydrogen-bond acceptors (Lipinski definition) is 3. The van der Waals surface area contributed by atoms with E-state index in [0.717, 1.165) is 19.4 Å². The van der Waals surface area contributed by atoms with Crippen LogP contribution >= 0.6 is 0 Å². The molecule has 0 aromatic heterocycles. The molecule has 1 aliphatic carbocycles. The van der Waals surface area contributed by atoms with E-state index in [9.17, 15) is 9.59 Å². The molecule has 0 aromatic rings. The van der Waals surface area contributed by atoms with E-state index < -0.39 is 11.4 Å². The summed E-state index contributed by atoms with van der Waals surface area (Å²) in [6, 6.07) is -0.196. The van der Waals surface area contributed by atoms with Crippen LogP contribution in [0.2, 0.25) is 0 Å². The number of carbonyl (C=O) groups is 2. The number of nitrogens with zero attached hydrogens (tertiary/aromatic N) is 1. The topological polar surface area (TPSA) is 81.7 Å². The highest BCUT2D eigenvalue weighted by atomic mass is 16.4. The van der Waals surface area contributed by atoms with E-state index in [4.69, 9.17) is 5.11 Å². The van der Waals surface area contributed by atoms with Gasteiger partial charge in [-0.25, -0.2) is 4.79 Å². The van der Waals surface area contributed by atoms with E-state index in [1.165, 1.54) is 0 Å². The van der Waals surface area contributed by atoms with Crippen LogP contribution in [-0.2, 0) is 4.79 Å². The molecular weight excluding hydrogens is 234 g/mol. The third kappa shape index (κ3) is 3.60. The number of carbonyl (C=O) groups excluding carboxylic acids is 1. The Bertz CT molecular complexity index is 303. The van der Waals surface area contributed by atoms with Gasteiger partial charge >= 0.3 is 12.0 Å². The summed E-state index contributed by atoms with van der Waals surface area (Å²) in [5.74, 6) is -0.799. The Labute approximate surface area is 108 Å². The molecule has 104 valence electrons. The lowest BCUT2D eigenvalue weighted by atomic mass is 9.69. The minimum atomic E-state index is -0.799. The van der Waals surface area contributed by atoms with Gasteiger partial charge in [0.05, 0.1) is 5.41 Å². The molecule has 0 unspecified atom stereocenters. The van der Waals surface area contributed by atoms with Gasteiger partial charge in [-0.1, -0.05) is 6.42 Å². The van der Waals surface area contributed by atoms with Crippen molar-refractivity contribution < 1.29 is 14.7 Å². The standard InChI is InChI=1S/C12H23N3O3/c1-13-7-4-8-15(2)11(18)14-9-12(10(16)17)5-3-6-12/h13H,3-9H2,1-2H3,(H,14,18)(H,16,17). The van der Waals surface area contributed by atoms with E-state index in [0.29, 0.717) is 19.4 Å². The van der Waals surface area contributed by atoms with E-state index in [1.54, 1.807) is 11.9 Å². The number of nitrogens with one attached hydrogen (secondary N) is 2. The summed E-state index contributed by atoms with van der Waals surface area (Å²) in [6.07, 6.45) is 3.13. The SMILES string of the molecule is CNCCCN(C)C(=O)NCC1(C(=O)O)CCC1. The van der Waals surface area contributed by atoms with Crippen LogP contribution in [0.3, 0.4) is 0 Å². The smallest absolute Gasteiger partial charge is 0.317 e. The Morgan fingerprint density at radius 1 is 1.39 bits per heavy atom. The molecule has 6 heteroatoms. The number of aliphatic carboxylic acids is 1. The maximum Gasteiger partial charge on any atom is 0.317 e. The first-order chi connectivity index (χ1) is 8.52. The minimum Gasteiger partial charge on any atom is -0.481 e. The maximum absolute atomic E-state index is 11.7. The van der Waals surface area contributed by atoms with Crippen LogP contribution in [0.25, 0.3) is 0 Å². The predicted octanol–water partition coefficient (Wildman–Crippen LogP) is 0.492. The lowest BCUT2D eigenvalue weighted by molar-refractivity contribution is -0.153. The van der Waals surface area contributed by atoms with Gasteiger partial charge in [0.15, 0.2) is 0 Å². The van der Waals surface area contributed by atoms with Crippen LogP contribution in [0.4, 0.5) is 4.79 Å². The summed E-state index contributed by atoms with van der Waals surface area (Å²) in [4.78, 5) is 24.5.